The summed E-state index contributed by atoms with van der Waals surface area (Å²) < 4.78 is 13.1. The van der Waals surface area contributed by atoms with Gasteiger partial charge in [0.25, 0.3) is 0 Å². The number of morpholine rings is 1. The van der Waals surface area contributed by atoms with E-state index in [0.29, 0.717) is 0 Å². The summed E-state index contributed by atoms with van der Waals surface area (Å²) in [6, 6.07) is 4.31. The Labute approximate surface area is 129 Å². The van der Waals surface area contributed by atoms with E-state index < -0.39 is 0 Å². The van der Waals surface area contributed by atoms with Crippen LogP contribution in [0.4, 0.5) is 0 Å². The minimum absolute atomic E-state index is 0.0938. The molecule has 0 bridgehead atoms. The molecule has 1 heterocycles. The molecule has 1 saturated heterocycles. The number of halogens is 1. The van der Waals surface area contributed by atoms with Gasteiger partial charge >= 0.3 is 0 Å². The van der Waals surface area contributed by atoms with E-state index in [0.717, 1.165) is 42.4 Å². The van der Waals surface area contributed by atoms with Crippen LogP contribution in [0.15, 0.2) is 16.6 Å². The van der Waals surface area contributed by atoms with Gasteiger partial charge in [0.2, 0.25) is 0 Å². The molecular formula is C16H22BrNO2. The maximum Gasteiger partial charge on any atom is 0.139 e. The fraction of sp³-hybridized carbons (Fsp3) is 0.625. The van der Waals surface area contributed by atoms with E-state index in [9.17, 15) is 0 Å². The fourth-order valence-electron chi connectivity index (χ4n) is 2.77. The fourth-order valence-corrected chi connectivity index (χ4v) is 3.48. The average molecular weight is 340 g/mol. The van der Waals surface area contributed by atoms with Crippen molar-refractivity contribution in [2.75, 3.05) is 26.3 Å². The second-order valence-corrected chi connectivity index (χ2v) is 6.69. The SMILES string of the molecule is Cc1cc(Br)c(OCC2CCC2)c(C2CNCCO2)c1. The van der Waals surface area contributed by atoms with Gasteiger partial charge in [-0.15, -0.1) is 0 Å². The quantitative estimate of drug-likeness (QED) is 0.909. The topological polar surface area (TPSA) is 30.5 Å². The molecule has 3 rings (SSSR count). The summed E-state index contributed by atoms with van der Waals surface area (Å²) in [5.74, 6) is 1.71. The molecule has 2 aliphatic rings. The van der Waals surface area contributed by atoms with Crippen LogP contribution < -0.4 is 10.1 Å². The number of hydrogen-bond acceptors (Lipinski definition) is 3. The van der Waals surface area contributed by atoms with Crippen molar-refractivity contribution in [1.29, 1.82) is 0 Å². The van der Waals surface area contributed by atoms with Gasteiger partial charge in [0.1, 0.15) is 5.75 Å². The van der Waals surface area contributed by atoms with Crippen molar-refractivity contribution >= 4 is 15.9 Å². The van der Waals surface area contributed by atoms with Crippen molar-refractivity contribution < 1.29 is 9.47 Å². The Balaban J connectivity index is 1.80. The molecule has 0 amide bonds. The third kappa shape index (κ3) is 3.18. The number of hydrogen-bond donors (Lipinski definition) is 1. The monoisotopic (exact) mass is 339 g/mol. The van der Waals surface area contributed by atoms with E-state index in [4.69, 9.17) is 9.47 Å². The summed E-state index contributed by atoms with van der Waals surface area (Å²) in [6.07, 6.45) is 4.06. The molecule has 1 aromatic rings. The molecule has 1 unspecified atom stereocenters. The molecule has 2 fully saturated rings. The smallest absolute Gasteiger partial charge is 0.139 e. The summed E-state index contributed by atoms with van der Waals surface area (Å²) in [4.78, 5) is 0. The van der Waals surface area contributed by atoms with Crippen LogP contribution in [0.5, 0.6) is 5.75 Å². The Hall–Kier alpha value is -0.580. The highest BCUT2D eigenvalue weighted by Crippen LogP contribution is 2.37. The number of benzene rings is 1. The largest absolute Gasteiger partial charge is 0.492 e. The van der Waals surface area contributed by atoms with Crippen LogP contribution in [0.2, 0.25) is 0 Å². The minimum Gasteiger partial charge on any atom is -0.492 e. The normalized spacial score (nSPS) is 23.4. The van der Waals surface area contributed by atoms with E-state index in [1.165, 1.54) is 30.4 Å². The van der Waals surface area contributed by atoms with E-state index in [1.807, 2.05) is 0 Å². The van der Waals surface area contributed by atoms with Gasteiger partial charge in [-0.3, -0.25) is 0 Å². The lowest BCUT2D eigenvalue weighted by Gasteiger charge is -2.29. The molecule has 0 spiro atoms. The maximum absolute atomic E-state index is 6.13. The first-order valence-corrected chi connectivity index (χ1v) is 8.28. The summed E-state index contributed by atoms with van der Waals surface area (Å²) in [7, 11) is 0. The third-order valence-electron chi connectivity index (χ3n) is 4.18. The van der Waals surface area contributed by atoms with E-state index in [2.05, 4.69) is 40.3 Å². The van der Waals surface area contributed by atoms with Crippen LogP contribution in [-0.2, 0) is 4.74 Å². The first-order valence-electron chi connectivity index (χ1n) is 7.49. The lowest BCUT2D eigenvalue weighted by molar-refractivity contribution is 0.0252. The molecule has 1 aliphatic carbocycles. The zero-order valence-corrected chi connectivity index (χ0v) is 13.5. The Kier molecular flexibility index (Phi) is 4.64. The predicted molar refractivity (Wildman–Crippen MR) is 83.3 cm³/mol. The Morgan fingerprint density at radius 2 is 2.25 bits per heavy atom. The third-order valence-corrected chi connectivity index (χ3v) is 4.77. The zero-order valence-electron chi connectivity index (χ0n) is 12.0. The molecule has 1 saturated carbocycles. The summed E-state index contributed by atoms with van der Waals surface area (Å²) in [5.41, 5.74) is 2.40. The van der Waals surface area contributed by atoms with Crippen LogP contribution in [0.3, 0.4) is 0 Å². The van der Waals surface area contributed by atoms with Crippen molar-refractivity contribution in [2.24, 2.45) is 5.92 Å². The number of ether oxygens (including phenoxy) is 2. The van der Waals surface area contributed by atoms with Gasteiger partial charge < -0.3 is 14.8 Å². The van der Waals surface area contributed by atoms with Crippen LogP contribution >= 0.6 is 15.9 Å². The summed E-state index contributed by atoms with van der Waals surface area (Å²) >= 11 is 3.65. The molecule has 0 radical (unpaired) electrons. The van der Waals surface area contributed by atoms with Crippen LogP contribution in [-0.4, -0.2) is 26.3 Å². The molecule has 1 N–H and O–H groups in total. The van der Waals surface area contributed by atoms with Gasteiger partial charge in [0.05, 0.1) is 23.8 Å². The first-order chi connectivity index (χ1) is 9.74. The maximum atomic E-state index is 6.13. The minimum atomic E-state index is 0.0938. The van der Waals surface area contributed by atoms with E-state index in [1.54, 1.807) is 0 Å². The number of rotatable bonds is 4. The van der Waals surface area contributed by atoms with E-state index >= 15 is 0 Å². The summed E-state index contributed by atoms with van der Waals surface area (Å²) in [5, 5.41) is 3.39. The van der Waals surface area contributed by atoms with Gasteiger partial charge in [0, 0.05) is 18.7 Å². The highest BCUT2D eigenvalue weighted by molar-refractivity contribution is 9.10. The number of nitrogens with one attached hydrogen (secondary N) is 1. The molecular weight excluding hydrogens is 318 g/mol. The second-order valence-electron chi connectivity index (χ2n) is 5.84. The average Bonchev–Trinajstić information content (AvgIpc) is 2.40. The van der Waals surface area contributed by atoms with Crippen molar-refractivity contribution in [2.45, 2.75) is 32.3 Å². The molecule has 1 atom stereocenters. The molecule has 1 aromatic carbocycles. The Bertz CT molecular complexity index is 468. The summed E-state index contributed by atoms with van der Waals surface area (Å²) in [6.45, 7) is 5.49. The molecule has 0 aromatic heterocycles. The molecule has 3 nitrogen and oxygen atoms in total. The standard InChI is InChI=1S/C16H22BrNO2/c1-11-7-13(15-9-18-5-6-19-15)16(14(17)8-11)20-10-12-3-2-4-12/h7-8,12,15,18H,2-6,9-10H2,1H3. The highest BCUT2D eigenvalue weighted by atomic mass is 79.9. The molecule has 110 valence electrons. The van der Waals surface area contributed by atoms with Crippen LogP contribution in [0.1, 0.15) is 36.5 Å². The molecule has 20 heavy (non-hydrogen) atoms. The lowest BCUT2D eigenvalue weighted by Crippen LogP contribution is -2.33. The predicted octanol–water partition coefficient (Wildman–Crippen LogP) is 3.60. The number of aryl methyl sites for hydroxylation is 1. The van der Waals surface area contributed by atoms with Crippen molar-refractivity contribution in [3.05, 3.63) is 27.7 Å². The van der Waals surface area contributed by atoms with Crippen molar-refractivity contribution in [3.8, 4) is 5.75 Å². The van der Waals surface area contributed by atoms with Gasteiger partial charge in [-0.05, 0) is 59.3 Å². The van der Waals surface area contributed by atoms with Gasteiger partial charge in [-0.1, -0.05) is 6.42 Å². The van der Waals surface area contributed by atoms with Crippen molar-refractivity contribution in [1.82, 2.24) is 5.32 Å². The first kappa shape index (κ1) is 14.4. The Morgan fingerprint density at radius 3 is 2.90 bits per heavy atom. The van der Waals surface area contributed by atoms with Crippen LogP contribution in [0, 0.1) is 12.8 Å². The molecule has 4 heteroatoms. The van der Waals surface area contributed by atoms with Gasteiger partial charge in [-0.2, -0.15) is 0 Å². The lowest BCUT2D eigenvalue weighted by atomic mass is 9.86. The van der Waals surface area contributed by atoms with Crippen molar-refractivity contribution in [3.63, 3.8) is 0 Å². The van der Waals surface area contributed by atoms with Crippen LogP contribution in [0.25, 0.3) is 0 Å². The van der Waals surface area contributed by atoms with Gasteiger partial charge in [-0.25, -0.2) is 0 Å². The highest BCUT2D eigenvalue weighted by Gasteiger charge is 2.24. The zero-order chi connectivity index (χ0) is 13.9. The van der Waals surface area contributed by atoms with Gasteiger partial charge in [0.15, 0.2) is 0 Å². The Morgan fingerprint density at radius 1 is 1.40 bits per heavy atom. The second kappa shape index (κ2) is 6.46. The van der Waals surface area contributed by atoms with E-state index in [-0.39, 0.29) is 6.10 Å². The molecule has 1 aliphatic heterocycles.